The molecular formula is C18H17FO2. The molecule has 0 radical (unpaired) electrons. The number of halogens is 1. The third-order valence-corrected chi connectivity index (χ3v) is 3.76. The summed E-state index contributed by atoms with van der Waals surface area (Å²) >= 11 is 0. The van der Waals surface area contributed by atoms with Crippen molar-refractivity contribution in [2.75, 3.05) is 6.61 Å². The summed E-state index contributed by atoms with van der Waals surface area (Å²) in [6.07, 6.45) is 1.99. The Bertz CT molecular complexity index is 671. The van der Waals surface area contributed by atoms with Gasteiger partial charge in [-0.3, -0.25) is 4.79 Å². The quantitative estimate of drug-likeness (QED) is 0.796. The van der Waals surface area contributed by atoms with E-state index in [0.717, 1.165) is 29.9 Å². The lowest BCUT2D eigenvalue weighted by Crippen LogP contribution is -2.02. The van der Waals surface area contributed by atoms with Crippen molar-refractivity contribution in [3.05, 3.63) is 64.5 Å². The predicted octanol–water partition coefficient (Wildman–Crippen LogP) is 3.88. The van der Waals surface area contributed by atoms with Gasteiger partial charge in [0.05, 0.1) is 6.61 Å². The number of hydrogen-bond acceptors (Lipinski definition) is 2. The molecule has 0 saturated carbocycles. The highest BCUT2D eigenvalue weighted by molar-refractivity contribution is 5.96. The van der Waals surface area contributed by atoms with Gasteiger partial charge in [0.25, 0.3) is 0 Å². The molecule has 0 aromatic heterocycles. The van der Waals surface area contributed by atoms with Gasteiger partial charge in [-0.2, -0.15) is 0 Å². The number of fused-ring (bicyclic) bond motifs is 1. The third-order valence-electron chi connectivity index (χ3n) is 3.76. The lowest BCUT2D eigenvalue weighted by atomic mass is 10.00. The van der Waals surface area contributed by atoms with Crippen LogP contribution in [0.2, 0.25) is 0 Å². The molecule has 1 aliphatic rings. The van der Waals surface area contributed by atoms with Crippen molar-refractivity contribution >= 4 is 5.78 Å². The number of aryl methyl sites for hydroxylation is 2. The van der Waals surface area contributed by atoms with Gasteiger partial charge < -0.3 is 4.74 Å². The van der Waals surface area contributed by atoms with E-state index in [9.17, 15) is 9.18 Å². The van der Waals surface area contributed by atoms with Gasteiger partial charge in [-0.15, -0.1) is 0 Å². The summed E-state index contributed by atoms with van der Waals surface area (Å²) in [5, 5.41) is 0. The van der Waals surface area contributed by atoms with Crippen LogP contribution in [0.15, 0.2) is 36.4 Å². The van der Waals surface area contributed by atoms with Gasteiger partial charge in [-0.25, -0.2) is 4.39 Å². The number of hydrogen-bond donors (Lipinski definition) is 0. The zero-order valence-corrected chi connectivity index (χ0v) is 12.0. The number of carbonyl (C=O) groups excluding carboxylic acids is 1. The summed E-state index contributed by atoms with van der Waals surface area (Å²) < 4.78 is 18.8. The van der Waals surface area contributed by atoms with E-state index in [1.807, 2.05) is 12.1 Å². The van der Waals surface area contributed by atoms with Crippen LogP contribution in [0.1, 0.15) is 33.5 Å². The second kappa shape index (κ2) is 5.68. The Morgan fingerprint density at radius 3 is 2.90 bits per heavy atom. The highest BCUT2D eigenvalue weighted by Crippen LogP contribution is 2.26. The molecule has 0 amide bonds. The van der Waals surface area contributed by atoms with Crippen molar-refractivity contribution in [3.63, 3.8) is 0 Å². The minimum Gasteiger partial charge on any atom is -0.493 e. The van der Waals surface area contributed by atoms with Gasteiger partial charge in [0.1, 0.15) is 11.6 Å². The van der Waals surface area contributed by atoms with Crippen LogP contribution in [0.5, 0.6) is 5.75 Å². The van der Waals surface area contributed by atoms with E-state index in [1.54, 1.807) is 13.0 Å². The maximum atomic E-state index is 13.3. The van der Waals surface area contributed by atoms with Crippen molar-refractivity contribution in [2.24, 2.45) is 0 Å². The van der Waals surface area contributed by atoms with E-state index in [0.29, 0.717) is 18.4 Å². The molecule has 1 aliphatic heterocycles. The number of carbonyl (C=O) groups is 1. The lowest BCUT2D eigenvalue weighted by Gasteiger charge is -2.05. The van der Waals surface area contributed by atoms with Gasteiger partial charge in [0.2, 0.25) is 0 Å². The van der Waals surface area contributed by atoms with Crippen LogP contribution in [0.25, 0.3) is 0 Å². The number of benzene rings is 2. The van der Waals surface area contributed by atoms with Crippen LogP contribution in [-0.4, -0.2) is 12.4 Å². The predicted molar refractivity (Wildman–Crippen MR) is 79.4 cm³/mol. The van der Waals surface area contributed by atoms with E-state index in [4.69, 9.17) is 4.74 Å². The van der Waals surface area contributed by atoms with Crippen molar-refractivity contribution < 1.29 is 13.9 Å². The Hall–Kier alpha value is -2.16. The molecule has 108 valence electrons. The maximum Gasteiger partial charge on any atom is 0.163 e. The first kappa shape index (κ1) is 13.8. The van der Waals surface area contributed by atoms with Crippen molar-refractivity contribution in [3.8, 4) is 5.75 Å². The van der Waals surface area contributed by atoms with Crippen molar-refractivity contribution in [1.29, 1.82) is 0 Å². The minimum absolute atomic E-state index is 0.0191. The molecule has 0 N–H and O–H groups in total. The molecule has 21 heavy (non-hydrogen) atoms. The summed E-state index contributed by atoms with van der Waals surface area (Å²) in [6.45, 7) is 2.53. The maximum absolute atomic E-state index is 13.3. The topological polar surface area (TPSA) is 26.3 Å². The second-order valence-electron chi connectivity index (χ2n) is 5.48. The largest absolute Gasteiger partial charge is 0.493 e. The third kappa shape index (κ3) is 3.13. The first-order valence-electron chi connectivity index (χ1n) is 7.17. The molecule has 2 nitrogen and oxygen atoms in total. The normalized spacial score (nSPS) is 12.9. The molecule has 3 rings (SSSR count). The average Bonchev–Trinajstić information content (AvgIpc) is 2.91. The minimum atomic E-state index is -0.354. The Labute approximate surface area is 123 Å². The highest BCUT2D eigenvalue weighted by Gasteiger charge is 2.13. The zero-order valence-electron chi connectivity index (χ0n) is 12.0. The highest BCUT2D eigenvalue weighted by atomic mass is 19.1. The summed E-state index contributed by atoms with van der Waals surface area (Å²) in [6, 6.07) is 10.5. The molecule has 1 heterocycles. The fourth-order valence-electron chi connectivity index (χ4n) is 2.69. The lowest BCUT2D eigenvalue weighted by molar-refractivity contribution is 0.0982. The SMILES string of the molecule is Cc1cc(F)cc(C(=O)CCc2ccc3c(c2)CCO3)c1. The number of ketones is 1. The molecule has 0 unspecified atom stereocenters. The zero-order chi connectivity index (χ0) is 14.8. The first-order chi connectivity index (χ1) is 10.1. The fourth-order valence-corrected chi connectivity index (χ4v) is 2.69. The molecule has 0 bridgehead atoms. The second-order valence-corrected chi connectivity index (χ2v) is 5.48. The molecule has 3 heteroatoms. The standard InChI is InChI=1S/C18H17FO2/c1-12-8-15(11-16(19)9-12)17(20)4-2-13-3-5-18-14(10-13)6-7-21-18/h3,5,8-11H,2,4,6-7H2,1H3. The van der Waals surface area contributed by atoms with Crippen LogP contribution in [0, 0.1) is 12.7 Å². The van der Waals surface area contributed by atoms with Gasteiger partial charge in [0, 0.05) is 18.4 Å². The van der Waals surface area contributed by atoms with E-state index in [1.165, 1.54) is 17.7 Å². The smallest absolute Gasteiger partial charge is 0.163 e. The summed E-state index contributed by atoms with van der Waals surface area (Å²) in [5.74, 6) is 0.577. The molecular weight excluding hydrogens is 267 g/mol. The van der Waals surface area contributed by atoms with Gasteiger partial charge in [-0.05, 0) is 54.3 Å². The molecule has 0 aliphatic carbocycles. The Morgan fingerprint density at radius 1 is 1.24 bits per heavy atom. The van der Waals surface area contributed by atoms with Gasteiger partial charge >= 0.3 is 0 Å². The first-order valence-corrected chi connectivity index (χ1v) is 7.17. The van der Waals surface area contributed by atoms with Crippen LogP contribution in [0.3, 0.4) is 0 Å². The molecule has 2 aromatic rings. The van der Waals surface area contributed by atoms with Crippen LogP contribution in [0.4, 0.5) is 4.39 Å². The van der Waals surface area contributed by atoms with Gasteiger partial charge in [-0.1, -0.05) is 12.1 Å². The van der Waals surface area contributed by atoms with Crippen molar-refractivity contribution in [2.45, 2.75) is 26.2 Å². The van der Waals surface area contributed by atoms with E-state index < -0.39 is 0 Å². The fraction of sp³-hybridized carbons (Fsp3) is 0.278. The number of ether oxygens (including phenoxy) is 1. The molecule has 0 fully saturated rings. The Morgan fingerprint density at radius 2 is 2.10 bits per heavy atom. The van der Waals surface area contributed by atoms with E-state index >= 15 is 0 Å². The monoisotopic (exact) mass is 284 g/mol. The van der Waals surface area contributed by atoms with Crippen LogP contribution in [-0.2, 0) is 12.8 Å². The van der Waals surface area contributed by atoms with Crippen LogP contribution >= 0.6 is 0 Å². The summed E-state index contributed by atoms with van der Waals surface area (Å²) in [4.78, 5) is 12.2. The molecule has 0 spiro atoms. The summed E-state index contributed by atoms with van der Waals surface area (Å²) in [7, 11) is 0. The summed E-state index contributed by atoms with van der Waals surface area (Å²) in [5.41, 5.74) is 3.56. The number of Topliss-reactive ketones (excluding diaryl/α,β-unsaturated/α-hetero) is 1. The van der Waals surface area contributed by atoms with Crippen LogP contribution < -0.4 is 4.74 Å². The molecule has 0 saturated heterocycles. The average molecular weight is 284 g/mol. The molecule has 2 aromatic carbocycles. The Balaban J connectivity index is 1.68. The van der Waals surface area contributed by atoms with Gasteiger partial charge in [0.15, 0.2) is 5.78 Å². The van der Waals surface area contributed by atoms with Crippen molar-refractivity contribution in [1.82, 2.24) is 0 Å². The molecule has 0 atom stereocenters. The number of rotatable bonds is 4. The van der Waals surface area contributed by atoms with E-state index in [2.05, 4.69) is 6.07 Å². The van der Waals surface area contributed by atoms with E-state index in [-0.39, 0.29) is 11.6 Å². The Kier molecular flexibility index (Phi) is 3.74.